The van der Waals surface area contributed by atoms with Crippen LogP contribution in [0.3, 0.4) is 0 Å². The van der Waals surface area contributed by atoms with Crippen LogP contribution in [0.15, 0.2) is 36.9 Å². The number of ether oxygens (including phenoxy) is 1. The molecule has 1 aromatic carbocycles. The van der Waals surface area contributed by atoms with E-state index < -0.39 is 36.6 Å². The number of pyridine rings is 1. The standard InChI is InChI=1S/C18H14F5NO.C2H6/c1-10(17(22)23)14-6-13-16(25-9-18(13,7-19)8-20)15(24-14)11-2-4-12(21)5-3-11;1-2/h2-6,17H,1,7-9H2;1-2H3. The fourth-order valence-corrected chi connectivity index (χ4v) is 2.70. The van der Waals surface area contributed by atoms with Gasteiger partial charge in [-0.2, -0.15) is 0 Å². The van der Waals surface area contributed by atoms with Crippen LogP contribution in [0.5, 0.6) is 5.75 Å². The lowest BCUT2D eigenvalue weighted by atomic mass is 9.84. The van der Waals surface area contributed by atoms with Crippen LogP contribution >= 0.6 is 0 Å². The van der Waals surface area contributed by atoms with Crippen LogP contribution in [0.25, 0.3) is 16.8 Å². The zero-order valence-corrected chi connectivity index (χ0v) is 15.0. The van der Waals surface area contributed by atoms with Gasteiger partial charge in [0.2, 0.25) is 0 Å². The molecule has 0 aliphatic carbocycles. The summed E-state index contributed by atoms with van der Waals surface area (Å²) in [4.78, 5) is 4.13. The minimum atomic E-state index is -2.88. The van der Waals surface area contributed by atoms with Crippen molar-refractivity contribution in [2.75, 3.05) is 20.0 Å². The maximum absolute atomic E-state index is 13.6. The Hall–Kier alpha value is -2.44. The molecule has 1 aliphatic heterocycles. The molecule has 7 heteroatoms. The van der Waals surface area contributed by atoms with Gasteiger partial charge < -0.3 is 4.74 Å². The van der Waals surface area contributed by atoms with E-state index in [-0.39, 0.29) is 29.3 Å². The summed E-state index contributed by atoms with van der Waals surface area (Å²) in [5.74, 6) is -0.371. The quantitative estimate of drug-likeness (QED) is 0.611. The Bertz CT molecular complexity index is 801. The van der Waals surface area contributed by atoms with Crippen LogP contribution in [0.2, 0.25) is 0 Å². The third-order valence-corrected chi connectivity index (χ3v) is 4.26. The number of halogens is 5. The molecule has 0 saturated carbocycles. The number of benzene rings is 1. The SMILES string of the molecule is C=C(c1cc2c(c(-c3ccc(F)cc3)n1)OCC2(CF)CF)C(F)F.CC. The van der Waals surface area contributed by atoms with Gasteiger partial charge in [-0.05, 0) is 30.3 Å². The van der Waals surface area contributed by atoms with Crippen molar-refractivity contribution >= 4 is 5.57 Å². The molecule has 3 rings (SSSR count). The Morgan fingerprint density at radius 3 is 2.30 bits per heavy atom. The first-order valence-corrected chi connectivity index (χ1v) is 8.45. The summed E-state index contributed by atoms with van der Waals surface area (Å²) >= 11 is 0. The van der Waals surface area contributed by atoms with Gasteiger partial charge in [-0.1, -0.05) is 20.4 Å². The van der Waals surface area contributed by atoms with Crippen molar-refractivity contribution < 1.29 is 26.7 Å². The summed E-state index contributed by atoms with van der Waals surface area (Å²) in [6, 6.07) is 6.32. The van der Waals surface area contributed by atoms with Crippen LogP contribution in [0, 0.1) is 5.82 Å². The lowest BCUT2D eigenvalue weighted by Crippen LogP contribution is -2.33. The Labute approximate surface area is 154 Å². The third-order valence-electron chi connectivity index (χ3n) is 4.26. The lowest BCUT2D eigenvalue weighted by Gasteiger charge is -2.21. The molecule has 0 amide bonds. The number of allylic oxidation sites excluding steroid dienone is 1. The first-order valence-electron chi connectivity index (χ1n) is 8.45. The van der Waals surface area contributed by atoms with Gasteiger partial charge in [-0.3, -0.25) is 0 Å². The first kappa shape index (κ1) is 20.9. The molecule has 0 atom stereocenters. The molecule has 2 nitrogen and oxygen atoms in total. The highest BCUT2D eigenvalue weighted by Crippen LogP contribution is 2.46. The van der Waals surface area contributed by atoms with Crippen molar-refractivity contribution in [1.82, 2.24) is 4.98 Å². The summed E-state index contributed by atoms with van der Waals surface area (Å²) in [6.07, 6.45) is -2.88. The second kappa shape index (κ2) is 8.50. The molecule has 0 N–H and O–H groups in total. The van der Waals surface area contributed by atoms with E-state index in [1.807, 2.05) is 13.8 Å². The smallest absolute Gasteiger partial charge is 0.265 e. The monoisotopic (exact) mass is 385 g/mol. The van der Waals surface area contributed by atoms with Crippen LogP contribution in [0.1, 0.15) is 25.1 Å². The molecule has 0 saturated heterocycles. The molecule has 0 spiro atoms. The van der Waals surface area contributed by atoms with Gasteiger partial charge in [-0.15, -0.1) is 0 Å². The van der Waals surface area contributed by atoms with Crippen LogP contribution in [-0.4, -0.2) is 31.4 Å². The van der Waals surface area contributed by atoms with E-state index in [1.165, 1.54) is 30.3 Å². The van der Waals surface area contributed by atoms with Crippen molar-refractivity contribution in [3.8, 4) is 17.0 Å². The highest BCUT2D eigenvalue weighted by atomic mass is 19.3. The average Bonchev–Trinajstić information content (AvgIpc) is 3.08. The van der Waals surface area contributed by atoms with Gasteiger partial charge >= 0.3 is 0 Å². The summed E-state index contributed by atoms with van der Waals surface area (Å²) < 4.78 is 71.8. The number of hydrogen-bond acceptors (Lipinski definition) is 2. The van der Waals surface area contributed by atoms with E-state index in [1.54, 1.807) is 0 Å². The molecule has 0 unspecified atom stereocenters. The fourth-order valence-electron chi connectivity index (χ4n) is 2.70. The number of rotatable bonds is 5. The van der Waals surface area contributed by atoms with Crippen molar-refractivity contribution in [2.24, 2.45) is 0 Å². The fraction of sp³-hybridized carbons (Fsp3) is 0.350. The van der Waals surface area contributed by atoms with Gasteiger partial charge in [0.15, 0.2) is 0 Å². The topological polar surface area (TPSA) is 22.1 Å². The number of fused-ring (bicyclic) bond motifs is 1. The Balaban J connectivity index is 0.00000126. The second-order valence-electron chi connectivity index (χ2n) is 5.90. The number of nitrogens with zero attached hydrogens (tertiary/aromatic N) is 1. The second-order valence-corrected chi connectivity index (χ2v) is 5.90. The average molecular weight is 385 g/mol. The molecular weight excluding hydrogens is 365 g/mol. The van der Waals surface area contributed by atoms with Gasteiger partial charge in [0, 0.05) is 16.7 Å². The molecule has 0 bridgehead atoms. The molecular formula is C20H20F5NO. The maximum atomic E-state index is 13.6. The molecule has 0 radical (unpaired) electrons. The van der Waals surface area contributed by atoms with Gasteiger partial charge in [0.05, 0.1) is 11.1 Å². The van der Waals surface area contributed by atoms with Crippen molar-refractivity contribution in [3.63, 3.8) is 0 Å². The first-order chi connectivity index (χ1) is 12.9. The van der Waals surface area contributed by atoms with Crippen molar-refractivity contribution in [1.29, 1.82) is 0 Å². The van der Waals surface area contributed by atoms with E-state index in [4.69, 9.17) is 4.74 Å². The van der Waals surface area contributed by atoms with Gasteiger partial charge in [0.1, 0.15) is 37.2 Å². The van der Waals surface area contributed by atoms with Crippen molar-refractivity contribution in [2.45, 2.75) is 25.7 Å². The molecule has 1 aliphatic rings. The lowest BCUT2D eigenvalue weighted by molar-refractivity contribution is 0.185. The minimum Gasteiger partial charge on any atom is -0.490 e. The van der Waals surface area contributed by atoms with Crippen LogP contribution in [0.4, 0.5) is 22.0 Å². The van der Waals surface area contributed by atoms with Gasteiger partial charge in [0.25, 0.3) is 6.43 Å². The van der Waals surface area contributed by atoms with Crippen LogP contribution < -0.4 is 4.74 Å². The summed E-state index contributed by atoms with van der Waals surface area (Å²) in [6.45, 7) is 4.93. The molecule has 1 aromatic heterocycles. The van der Waals surface area contributed by atoms with Gasteiger partial charge in [-0.25, -0.2) is 26.9 Å². The molecule has 27 heavy (non-hydrogen) atoms. The van der Waals surface area contributed by atoms with E-state index in [2.05, 4.69) is 11.6 Å². The number of hydrogen-bond donors (Lipinski definition) is 0. The molecule has 0 fully saturated rings. The molecule has 2 heterocycles. The summed E-state index contributed by atoms with van der Waals surface area (Å²) in [7, 11) is 0. The number of alkyl halides is 4. The minimum absolute atomic E-state index is 0.118. The highest BCUT2D eigenvalue weighted by molar-refractivity contribution is 5.75. The predicted molar refractivity (Wildman–Crippen MR) is 95.1 cm³/mol. The van der Waals surface area contributed by atoms with Crippen LogP contribution in [-0.2, 0) is 5.41 Å². The molecule has 2 aromatic rings. The predicted octanol–water partition coefficient (Wildman–Crippen LogP) is 5.76. The van der Waals surface area contributed by atoms with E-state index in [0.29, 0.717) is 5.56 Å². The van der Waals surface area contributed by atoms with E-state index in [9.17, 15) is 22.0 Å². The zero-order valence-electron chi connectivity index (χ0n) is 15.0. The van der Waals surface area contributed by atoms with E-state index in [0.717, 1.165) is 0 Å². The third kappa shape index (κ3) is 3.82. The maximum Gasteiger partial charge on any atom is 0.265 e. The largest absolute Gasteiger partial charge is 0.490 e. The number of aromatic nitrogens is 1. The summed E-state index contributed by atoms with van der Waals surface area (Å²) in [5.41, 5.74) is -1.67. The molecule has 146 valence electrons. The zero-order chi connectivity index (χ0) is 20.2. The normalized spacial score (nSPS) is 14.2. The van der Waals surface area contributed by atoms with Crippen molar-refractivity contribution in [3.05, 3.63) is 54.0 Å². The Morgan fingerprint density at radius 2 is 1.78 bits per heavy atom. The Kier molecular flexibility index (Phi) is 6.57. The Morgan fingerprint density at radius 1 is 1.19 bits per heavy atom. The van der Waals surface area contributed by atoms with E-state index >= 15 is 0 Å². The highest BCUT2D eigenvalue weighted by Gasteiger charge is 2.43. The summed E-state index contributed by atoms with van der Waals surface area (Å²) in [5, 5.41) is 0.